The molecule has 2 atom stereocenters. The Morgan fingerprint density at radius 2 is 2.07 bits per heavy atom. The molecule has 0 aromatic heterocycles. The molecular weight excluding hydrogens is 198 g/mol. The maximum Gasteiger partial charge on any atom is 0.326 e. The summed E-state index contributed by atoms with van der Waals surface area (Å²) in [6.07, 6.45) is 0.221. The van der Waals surface area contributed by atoms with E-state index in [1.54, 1.807) is 13.8 Å². The highest BCUT2D eigenvalue weighted by atomic mass is 16.5. The van der Waals surface area contributed by atoms with Gasteiger partial charge in [0.1, 0.15) is 6.04 Å². The number of methoxy groups -OCH3 is 1. The smallest absolute Gasteiger partial charge is 0.326 e. The summed E-state index contributed by atoms with van der Waals surface area (Å²) in [4.78, 5) is 24.1. The number of likely N-dealkylation sites (tertiary alicyclic amines) is 1. The number of nitrogens with zero attached hydrogens (tertiary/aromatic N) is 1. The molecule has 1 amide bonds. The summed E-state index contributed by atoms with van der Waals surface area (Å²) < 4.78 is 5.09. The zero-order valence-corrected chi connectivity index (χ0v) is 9.27. The van der Waals surface area contributed by atoms with Crippen LogP contribution in [0, 0.1) is 5.92 Å². The fraction of sp³-hybridized carbons (Fsp3) is 0.800. The number of rotatable bonds is 3. The van der Waals surface area contributed by atoms with E-state index in [9.17, 15) is 9.59 Å². The molecular formula is C10H17NO4. The monoisotopic (exact) mass is 215 g/mol. The lowest BCUT2D eigenvalue weighted by Crippen LogP contribution is -2.42. The van der Waals surface area contributed by atoms with Gasteiger partial charge >= 0.3 is 5.97 Å². The number of carboxylic acid groups (broad SMARTS) is 1. The number of ether oxygens (including phenoxy) is 1. The summed E-state index contributed by atoms with van der Waals surface area (Å²) in [6.45, 7) is 3.91. The number of carbonyl (C=O) groups excluding carboxylic acids is 1. The predicted octanol–water partition coefficient (Wildman–Crippen LogP) is 0.343. The van der Waals surface area contributed by atoms with Gasteiger partial charge in [-0.1, -0.05) is 13.8 Å². The summed E-state index contributed by atoms with van der Waals surface area (Å²) in [6, 6.07) is -0.732. The van der Waals surface area contributed by atoms with Crippen LogP contribution < -0.4 is 0 Å². The van der Waals surface area contributed by atoms with Crippen molar-refractivity contribution in [2.45, 2.75) is 32.4 Å². The van der Waals surface area contributed by atoms with Gasteiger partial charge in [-0.05, 0) is 0 Å². The summed E-state index contributed by atoms with van der Waals surface area (Å²) in [5.41, 5.74) is 0. The summed E-state index contributed by atoms with van der Waals surface area (Å²) >= 11 is 0. The standard InChI is InChI=1S/C10H17NO4/c1-6(2)9(12)11-5-7(15-3)4-8(11)10(13)14/h6-8H,4-5H2,1-3H3,(H,13,14). The quantitative estimate of drug-likeness (QED) is 0.737. The van der Waals surface area contributed by atoms with Crippen molar-refractivity contribution in [1.82, 2.24) is 4.90 Å². The van der Waals surface area contributed by atoms with Crippen LogP contribution in [0.15, 0.2) is 0 Å². The van der Waals surface area contributed by atoms with E-state index in [1.807, 2.05) is 0 Å². The minimum Gasteiger partial charge on any atom is -0.480 e. The molecule has 0 bridgehead atoms. The van der Waals surface area contributed by atoms with Crippen LogP contribution in [-0.4, -0.2) is 47.7 Å². The van der Waals surface area contributed by atoms with Crippen LogP contribution in [-0.2, 0) is 14.3 Å². The molecule has 86 valence electrons. The van der Waals surface area contributed by atoms with Gasteiger partial charge in [0.05, 0.1) is 6.10 Å². The van der Waals surface area contributed by atoms with Gasteiger partial charge < -0.3 is 14.7 Å². The number of hydrogen-bond acceptors (Lipinski definition) is 3. The molecule has 15 heavy (non-hydrogen) atoms. The number of carboxylic acids is 1. The van der Waals surface area contributed by atoms with Gasteiger partial charge in [-0.3, -0.25) is 4.79 Å². The van der Waals surface area contributed by atoms with E-state index in [0.29, 0.717) is 13.0 Å². The molecule has 1 aliphatic heterocycles. The van der Waals surface area contributed by atoms with Gasteiger partial charge in [-0.2, -0.15) is 0 Å². The summed E-state index contributed by atoms with van der Waals surface area (Å²) in [7, 11) is 1.53. The first-order chi connectivity index (χ1) is 6.97. The molecule has 0 aromatic rings. The first-order valence-corrected chi connectivity index (χ1v) is 5.03. The minimum atomic E-state index is -0.955. The van der Waals surface area contributed by atoms with Crippen LogP contribution in [0.2, 0.25) is 0 Å². The fourth-order valence-electron chi connectivity index (χ4n) is 1.78. The number of hydrogen-bond donors (Lipinski definition) is 1. The second kappa shape index (κ2) is 4.61. The van der Waals surface area contributed by atoms with E-state index in [-0.39, 0.29) is 17.9 Å². The molecule has 1 heterocycles. The lowest BCUT2D eigenvalue weighted by atomic mass is 10.1. The molecule has 5 heteroatoms. The molecule has 0 aliphatic carbocycles. The predicted molar refractivity (Wildman–Crippen MR) is 53.4 cm³/mol. The molecule has 0 saturated carbocycles. The lowest BCUT2D eigenvalue weighted by Gasteiger charge is -2.23. The Kier molecular flexibility index (Phi) is 3.68. The van der Waals surface area contributed by atoms with E-state index in [2.05, 4.69) is 0 Å². The van der Waals surface area contributed by atoms with Crippen LogP contribution in [0.1, 0.15) is 20.3 Å². The topological polar surface area (TPSA) is 66.8 Å². The maximum absolute atomic E-state index is 11.7. The highest BCUT2D eigenvalue weighted by Crippen LogP contribution is 2.22. The number of aliphatic carboxylic acids is 1. The van der Waals surface area contributed by atoms with Crippen molar-refractivity contribution >= 4 is 11.9 Å². The fourth-order valence-corrected chi connectivity index (χ4v) is 1.78. The third-order valence-corrected chi connectivity index (χ3v) is 2.66. The van der Waals surface area contributed by atoms with Gasteiger partial charge in [0.2, 0.25) is 5.91 Å². The van der Waals surface area contributed by atoms with Crippen molar-refractivity contribution in [3.05, 3.63) is 0 Å². The second-order valence-electron chi connectivity index (χ2n) is 4.09. The van der Waals surface area contributed by atoms with E-state index < -0.39 is 12.0 Å². The third kappa shape index (κ3) is 2.47. The normalized spacial score (nSPS) is 26.0. The Hall–Kier alpha value is -1.10. The Morgan fingerprint density at radius 3 is 2.47 bits per heavy atom. The molecule has 1 fully saturated rings. The SMILES string of the molecule is COC1CC(C(=O)O)N(C(=O)C(C)C)C1. The van der Waals surface area contributed by atoms with Gasteiger partial charge in [0.15, 0.2) is 0 Å². The van der Waals surface area contributed by atoms with E-state index in [4.69, 9.17) is 9.84 Å². The van der Waals surface area contributed by atoms with Crippen molar-refractivity contribution in [1.29, 1.82) is 0 Å². The molecule has 5 nitrogen and oxygen atoms in total. The van der Waals surface area contributed by atoms with E-state index >= 15 is 0 Å². The lowest BCUT2D eigenvalue weighted by molar-refractivity contribution is -0.149. The van der Waals surface area contributed by atoms with E-state index in [0.717, 1.165) is 0 Å². The molecule has 1 rings (SSSR count). The Morgan fingerprint density at radius 1 is 1.47 bits per heavy atom. The maximum atomic E-state index is 11.7. The van der Waals surface area contributed by atoms with Gasteiger partial charge in [-0.25, -0.2) is 4.79 Å². The Labute approximate surface area is 89.0 Å². The zero-order chi connectivity index (χ0) is 11.6. The Bertz CT molecular complexity index is 264. The van der Waals surface area contributed by atoms with Crippen LogP contribution in [0.25, 0.3) is 0 Å². The summed E-state index contributed by atoms with van der Waals surface area (Å²) in [5.74, 6) is -1.26. The van der Waals surface area contributed by atoms with Crippen molar-refractivity contribution in [3.8, 4) is 0 Å². The Balaban J connectivity index is 2.77. The van der Waals surface area contributed by atoms with Gasteiger partial charge in [0, 0.05) is 26.0 Å². The minimum absolute atomic E-state index is 0.123. The molecule has 0 spiro atoms. The van der Waals surface area contributed by atoms with Crippen molar-refractivity contribution < 1.29 is 19.4 Å². The van der Waals surface area contributed by atoms with Gasteiger partial charge in [-0.15, -0.1) is 0 Å². The molecule has 0 aromatic carbocycles. The first kappa shape index (κ1) is 12.0. The molecule has 2 unspecified atom stereocenters. The number of amides is 1. The van der Waals surface area contributed by atoms with Crippen molar-refractivity contribution in [2.24, 2.45) is 5.92 Å². The molecule has 0 radical (unpaired) electrons. The van der Waals surface area contributed by atoms with Crippen molar-refractivity contribution in [2.75, 3.05) is 13.7 Å². The largest absolute Gasteiger partial charge is 0.480 e. The third-order valence-electron chi connectivity index (χ3n) is 2.66. The number of carbonyl (C=O) groups is 2. The second-order valence-corrected chi connectivity index (χ2v) is 4.09. The summed E-state index contributed by atoms with van der Waals surface area (Å²) in [5, 5.41) is 8.98. The average molecular weight is 215 g/mol. The van der Waals surface area contributed by atoms with Crippen LogP contribution in [0.4, 0.5) is 0 Å². The highest BCUT2D eigenvalue weighted by Gasteiger charge is 2.40. The van der Waals surface area contributed by atoms with E-state index in [1.165, 1.54) is 12.0 Å². The van der Waals surface area contributed by atoms with Crippen LogP contribution in [0.5, 0.6) is 0 Å². The highest BCUT2D eigenvalue weighted by molar-refractivity contribution is 5.85. The van der Waals surface area contributed by atoms with Crippen LogP contribution in [0.3, 0.4) is 0 Å². The van der Waals surface area contributed by atoms with Crippen LogP contribution >= 0.6 is 0 Å². The zero-order valence-electron chi connectivity index (χ0n) is 9.27. The average Bonchev–Trinajstić information content (AvgIpc) is 2.60. The van der Waals surface area contributed by atoms with Crippen molar-refractivity contribution in [3.63, 3.8) is 0 Å². The molecule has 1 aliphatic rings. The molecule has 1 N–H and O–H groups in total. The first-order valence-electron chi connectivity index (χ1n) is 5.03. The molecule has 1 saturated heterocycles. The van der Waals surface area contributed by atoms with Gasteiger partial charge in [0.25, 0.3) is 0 Å².